The first kappa shape index (κ1) is 18.7. The van der Waals surface area contributed by atoms with Gasteiger partial charge in [-0.2, -0.15) is 10.2 Å². The van der Waals surface area contributed by atoms with Crippen LogP contribution in [0, 0.1) is 5.82 Å². The highest BCUT2D eigenvalue weighted by atomic mass is 19.1. The van der Waals surface area contributed by atoms with E-state index >= 15 is 0 Å². The fourth-order valence-electron chi connectivity index (χ4n) is 2.90. The van der Waals surface area contributed by atoms with Crippen molar-refractivity contribution in [3.05, 3.63) is 54.5 Å². The molecule has 0 saturated heterocycles. The second-order valence-electron chi connectivity index (χ2n) is 7.12. The summed E-state index contributed by atoms with van der Waals surface area (Å²) in [6, 6.07) is 2.83. The molecule has 0 aliphatic heterocycles. The highest BCUT2D eigenvalue weighted by Gasteiger charge is 2.20. The molecular weight excluding hydrogens is 380 g/mol. The Balaban J connectivity index is 1.67. The van der Waals surface area contributed by atoms with Crippen LogP contribution in [0.4, 0.5) is 14.5 Å². The summed E-state index contributed by atoms with van der Waals surface area (Å²) < 4.78 is 29.5. The van der Waals surface area contributed by atoms with Crippen molar-refractivity contribution in [3.8, 4) is 11.4 Å². The number of aromatic nitrogens is 6. The zero-order valence-electron chi connectivity index (χ0n) is 15.6. The molecule has 8 nitrogen and oxygen atoms in total. The largest absolute Gasteiger partial charge is 0.319 e. The molecule has 0 fully saturated rings. The molecule has 0 atom stereocenters. The summed E-state index contributed by atoms with van der Waals surface area (Å²) in [6.45, 7) is 3.03. The second-order valence-corrected chi connectivity index (χ2v) is 7.12. The maximum atomic E-state index is 14.1. The maximum absolute atomic E-state index is 14.1. The van der Waals surface area contributed by atoms with E-state index in [4.69, 9.17) is 0 Å². The van der Waals surface area contributed by atoms with E-state index in [0.29, 0.717) is 22.6 Å². The van der Waals surface area contributed by atoms with Crippen molar-refractivity contribution in [2.75, 3.05) is 5.32 Å². The Labute approximate surface area is 164 Å². The molecule has 0 radical (unpaired) electrons. The number of carbonyl (C=O) groups excluding carboxylic acids is 1. The Kier molecular flexibility index (Phi) is 4.53. The van der Waals surface area contributed by atoms with Crippen molar-refractivity contribution in [2.45, 2.75) is 26.1 Å². The van der Waals surface area contributed by atoms with Gasteiger partial charge in [0.05, 0.1) is 41.4 Å². The van der Waals surface area contributed by atoms with E-state index in [1.165, 1.54) is 26.2 Å². The summed E-state index contributed by atoms with van der Waals surface area (Å²) in [5.41, 5.74) is 0.273. The molecule has 0 spiro atoms. The zero-order chi connectivity index (χ0) is 20.6. The number of hydrogen-bond acceptors (Lipinski definition) is 5. The molecule has 1 amide bonds. The SMILES string of the molecule is CC(C)(F)Cn1ncc2cnc(-c3[nH]ncc3NC(=O)c3cnccc3F)cc21. The third-order valence-corrected chi connectivity index (χ3v) is 4.21. The van der Waals surface area contributed by atoms with Gasteiger partial charge in [-0.3, -0.25) is 24.5 Å². The van der Waals surface area contributed by atoms with E-state index in [2.05, 4.69) is 30.6 Å². The van der Waals surface area contributed by atoms with Crippen LogP contribution in [-0.4, -0.2) is 41.5 Å². The lowest BCUT2D eigenvalue weighted by Gasteiger charge is -2.14. The Morgan fingerprint density at radius 3 is 2.86 bits per heavy atom. The van der Waals surface area contributed by atoms with Crippen molar-refractivity contribution in [1.82, 2.24) is 29.9 Å². The van der Waals surface area contributed by atoms with Crippen LogP contribution in [0.15, 0.2) is 43.1 Å². The van der Waals surface area contributed by atoms with Gasteiger partial charge in [0.25, 0.3) is 5.91 Å². The first-order chi connectivity index (χ1) is 13.8. The average Bonchev–Trinajstić information content (AvgIpc) is 3.27. The maximum Gasteiger partial charge on any atom is 0.260 e. The Morgan fingerprint density at radius 2 is 2.10 bits per heavy atom. The van der Waals surface area contributed by atoms with Crippen LogP contribution in [0.25, 0.3) is 22.3 Å². The van der Waals surface area contributed by atoms with Gasteiger partial charge in [-0.05, 0) is 26.0 Å². The van der Waals surface area contributed by atoms with Crippen molar-refractivity contribution in [3.63, 3.8) is 0 Å². The molecule has 4 rings (SSSR count). The number of rotatable bonds is 5. The monoisotopic (exact) mass is 397 g/mol. The molecule has 0 aliphatic carbocycles. The van der Waals surface area contributed by atoms with Gasteiger partial charge in [-0.25, -0.2) is 8.78 Å². The molecule has 4 aromatic rings. The summed E-state index contributed by atoms with van der Waals surface area (Å²) in [6.07, 6.45) is 7.02. The number of carbonyl (C=O) groups is 1. The summed E-state index contributed by atoms with van der Waals surface area (Å²) in [5, 5.41) is 14.3. The minimum Gasteiger partial charge on any atom is -0.319 e. The quantitative estimate of drug-likeness (QED) is 0.538. The highest BCUT2D eigenvalue weighted by molar-refractivity contribution is 6.05. The normalized spacial score (nSPS) is 11.7. The third kappa shape index (κ3) is 3.82. The number of alkyl halides is 1. The fourth-order valence-corrected chi connectivity index (χ4v) is 2.90. The number of amides is 1. The highest BCUT2D eigenvalue weighted by Crippen LogP contribution is 2.27. The Hall–Kier alpha value is -3.69. The molecule has 0 saturated carbocycles. The second kappa shape index (κ2) is 7.04. The number of nitrogens with zero attached hydrogens (tertiary/aromatic N) is 5. The lowest BCUT2D eigenvalue weighted by atomic mass is 10.1. The van der Waals surface area contributed by atoms with E-state index in [1.807, 2.05) is 0 Å². The van der Waals surface area contributed by atoms with Crippen LogP contribution >= 0.6 is 0 Å². The van der Waals surface area contributed by atoms with E-state index in [9.17, 15) is 13.6 Å². The van der Waals surface area contributed by atoms with Crippen LogP contribution < -0.4 is 5.32 Å². The van der Waals surface area contributed by atoms with Gasteiger partial charge >= 0.3 is 0 Å². The number of nitrogens with one attached hydrogen (secondary N) is 2. The van der Waals surface area contributed by atoms with Crippen molar-refractivity contribution in [1.29, 1.82) is 0 Å². The molecule has 2 N–H and O–H groups in total. The minimum absolute atomic E-state index is 0.0762. The molecule has 29 heavy (non-hydrogen) atoms. The van der Waals surface area contributed by atoms with Crippen LogP contribution in [0.2, 0.25) is 0 Å². The van der Waals surface area contributed by atoms with Crippen LogP contribution in [-0.2, 0) is 6.54 Å². The smallest absolute Gasteiger partial charge is 0.260 e. The predicted octanol–water partition coefficient (Wildman–Crippen LogP) is 3.36. The predicted molar refractivity (Wildman–Crippen MR) is 102 cm³/mol. The Morgan fingerprint density at radius 1 is 1.28 bits per heavy atom. The number of hydrogen-bond donors (Lipinski definition) is 2. The fraction of sp³-hybridized carbons (Fsp3) is 0.211. The average molecular weight is 397 g/mol. The third-order valence-electron chi connectivity index (χ3n) is 4.21. The molecular formula is C19H17F2N7O. The Bertz CT molecular complexity index is 1190. The van der Waals surface area contributed by atoms with Gasteiger partial charge in [-0.15, -0.1) is 0 Å². The van der Waals surface area contributed by atoms with E-state index in [0.717, 1.165) is 17.6 Å². The number of halogens is 2. The topological polar surface area (TPSA) is 101 Å². The minimum atomic E-state index is -1.44. The molecule has 10 heteroatoms. The van der Waals surface area contributed by atoms with Crippen LogP contribution in [0.1, 0.15) is 24.2 Å². The summed E-state index contributed by atoms with van der Waals surface area (Å²) >= 11 is 0. The number of anilines is 1. The van der Waals surface area contributed by atoms with E-state index in [-0.39, 0.29) is 12.1 Å². The standard InChI is InChI=1S/C19H17F2N7O/c1-19(2,21)10-28-16-5-14(23-6-11(16)7-25-28)17-15(9-24-27-17)26-18(29)12-8-22-4-3-13(12)20/h3-9H,10H2,1-2H3,(H,24,27)(H,26,29). The van der Waals surface area contributed by atoms with Crippen molar-refractivity contribution < 1.29 is 13.6 Å². The van der Waals surface area contributed by atoms with Crippen LogP contribution in [0.5, 0.6) is 0 Å². The van der Waals surface area contributed by atoms with Crippen LogP contribution in [0.3, 0.4) is 0 Å². The van der Waals surface area contributed by atoms with Gasteiger partial charge in [0.15, 0.2) is 0 Å². The van der Waals surface area contributed by atoms with Crippen molar-refractivity contribution in [2.24, 2.45) is 0 Å². The molecule has 4 heterocycles. The zero-order valence-corrected chi connectivity index (χ0v) is 15.6. The molecule has 0 bridgehead atoms. The van der Waals surface area contributed by atoms with Gasteiger partial charge < -0.3 is 5.32 Å². The molecule has 4 aromatic heterocycles. The molecule has 0 aromatic carbocycles. The van der Waals surface area contributed by atoms with Gasteiger partial charge in [0.2, 0.25) is 0 Å². The summed E-state index contributed by atoms with van der Waals surface area (Å²) in [4.78, 5) is 20.5. The lowest BCUT2D eigenvalue weighted by molar-refractivity contribution is 0.102. The van der Waals surface area contributed by atoms with E-state index in [1.54, 1.807) is 23.1 Å². The first-order valence-corrected chi connectivity index (χ1v) is 8.77. The first-order valence-electron chi connectivity index (χ1n) is 8.77. The van der Waals surface area contributed by atoms with Gasteiger partial charge in [0, 0.05) is 24.0 Å². The number of fused-ring (bicyclic) bond motifs is 1. The van der Waals surface area contributed by atoms with Crippen molar-refractivity contribution >= 4 is 22.5 Å². The molecule has 0 unspecified atom stereocenters. The number of pyridine rings is 2. The molecule has 0 aliphatic rings. The summed E-state index contributed by atoms with van der Waals surface area (Å²) in [5.74, 6) is -1.34. The van der Waals surface area contributed by atoms with Gasteiger partial charge in [0.1, 0.15) is 17.2 Å². The molecule has 148 valence electrons. The van der Waals surface area contributed by atoms with Gasteiger partial charge in [-0.1, -0.05) is 0 Å². The van der Waals surface area contributed by atoms with E-state index < -0.39 is 17.4 Å². The lowest BCUT2D eigenvalue weighted by Crippen LogP contribution is -2.21. The summed E-state index contributed by atoms with van der Waals surface area (Å²) in [7, 11) is 0. The number of aromatic amines is 1. The number of H-pyrrole nitrogens is 1.